The molecule has 0 saturated heterocycles. The molecule has 0 aromatic heterocycles. The SMILES string of the molecule is [O]=[Re](=[O])([Cl])([Cl])[Cl]. The molecule has 6 heteroatoms. The molecule has 0 aliphatic carbocycles. The van der Waals surface area contributed by atoms with Crippen molar-refractivity contribution in [1.82, 2.24) is 0 Å². The Morgan fingerprint density at radius 3 is 1.00 bits per heavy atom. The van der Waals surface area contributed by atoms with Gasteiger partial charge in [-0.05, 0) is 0 Å². The topological polar surface area (TPSA) is 34.1 Å². The van der Waals surface area contributed by atoms with Crippen molar-refractivity contribution < 1.29 is 18.1 Å². The molecule has 0 amide bonds. The Kier molecular flexibility index (Phi) is 1.55. The third kappa shape index (κ3) is 68.4. The second-order valence-electron chi connectivity index (χ2n) is 0.575. The second kappa shape index (κ2) is 1.30. The first-order valence-corrected chi connectivity index (χ1v) is 13.1. The van der Waals surface area contributed by atoms with Gasteiger partial charge in [0.2, 0.25) is 0 Å². The van der Waals surface area contributed by atoms with Crippen LogP contribution in [0.1, 0.15) is 0 Å². The monoisotopic (exact) mass is 324 g/mol. The molecule has 0 atom stereocenters. The van der Waals surface area contributed by atoms with Gasteiger partial charge in [-0.15, -0.1) is 0 Å². The first-order valence-electron chi connectivity index (χ1n) is 0.737. The van der Waals surface area contributed by atoms with Crippen LogP contribution in [0.4, 0.5) is 0 Å². The van der Waals surface area contributed by atoms with E-state index in [1.165, 1.54) is 0 Å². The van der Waals surface area contributed by atoms with Crippen molar-refractivity contribution in [3.05, 3.63) is 0 Å². The summed E-state index contributed by atoms with van der Waals surface area (Å²) in [6.45, 7) is 0. The van der Waals surface area contributed by atoms with E-state index in [1.54, 1.807) is 0 Å². The van der Waals surface area contributed by atoms with Crippen molar-refractivity contribution in [2.45, 2.75) is 0 Å². The Balaban J connectivity index is 4.69. The summed E-state index contributed by atoms with van der Waals surface area (Å²) in [6, 6.07) is 0. The zero-order chi connectivity index (χ0) is 5.45. The molecule has 40 valence electrons. The van der Waals surface area contributed by atoms with E-state index in [0.717, 1.165) is 0 Å². The molecule has 0 rings (SSSR count). The normalized spacial score (nSPS) is 18.8. The van der Waals surface area contributed by atoms with Crippen LogP contribution < -0.4 is 0 Å². The van der Waals surface area contributed by atoms with Crippen LogP contribution in [0, 0.1) is 0 Å². The first kappa shape index (κ1) is 7.13. The Hall–Kier alpha value is 1.13. The third-order valence-electron chi connectivity index (χ3n) is 0. The Bertz CT molecular complexity index is 135. The average Bonchev–Trinajstić information content (AvgIpc) is 0.650. The number of halogens is 3. The summed E-state index contributed by atoms with van der Waals surface area (Å²) < 4.78 is 19.2. The summed E-state index contributed by atoms with van der Waals surface area (Å²) >= 11 is -5.78. The van der Waals surface area contributed by atoms with Crippen molar-refractivity contribution in [3.8, 4) is 0 Å². The van der Waals surface area contributed by atoms with Gasteiger partial charge in [-0.3, -0.25) is 0 Å². The predicted octanol–water partition coefficient (Wildman–Crippen LogP) is 1.83. The molecule has 0 spiro atoms. The van der Waals surface area contributed by atoms with Crippen molar-refractivity contribution in [2.24, 2.45) is 0 Å². The second-order valence-corrected chi connectivity index (χ2v) is 21.0. The first-order chi connectivity index (χ1) is 2.24. The molecule has 0 N–H and O–H groups in total. The molecule has 0 saturated carbocycles. The number of hydrogen-bond acceptors (Lipinski definition) is 2. The van der Waals surface area contributed by atoms with Crippen LogP contribution in [0.25, 0.3) is 0 Å². The van der Waals surface area contributed by atoms with E-state index in [-0.39, 0.29) is 0 Å². The van der Waals surface area contributed by atoms with Crippen molar-refractivity contribution in [3.63, 3.8) is 0 Å². The maximum atomic E-state index is 9.62. The molecule has 0 heterocycles. The quantitative estimate of drug-likeness (QED) is 0.681. The van der Waals surface area contributed by atoms with E-state index in [4.69, 9.17) is 0 Å². The average molecular weight is 325 g/mol. The summed E-state index contributed by atoms with van der Waals surface area (Å²) in [7, 11) is 13.2. The molecule has 0 fully saturated rings. The van der Waals surface area contributed by atoms with Crippen LogP contribution in [0.5, 0.6) is 0 Å². The summed E-state index contributed by atoms with van der Waals surface area (Å²) in [5.74, 6) is 0. The van der Waals surface area contributed by atoms with Gasteiger partial charge in [0.1, 0.15) is 0 Å². The van der Waals surface area contributed by atoms with E-state index in [2.05, 4.69) is 28.6 Å². The molecule has 0 unspecified atom stereocenters. The Morgan fingerprint density at radius 2 is 1.00 bits per heavy atom. The van der Waals surface area contributed by atoms with Crippen LogP contribution in [0.3, 0.4) is 0 Å². The molecule has 6 heavy (non-hydrogen) atoms. The van der Waals surface area contributed by atoms with E-state index in [0.29, 0.717) is 0 Å². The van der Waals surface area contributed by atoms with Gasteiger partial charge >= 0.3 is 46.7 Å². The summed E-state index contributed by atoms with van der Waals surface area (Å²) in [5.41, 5.74) is 0. The van der Waals surface area contributed by atoms with Crippen LogP contribution in [-0.2, 0) is 18.1 Å². The zero-order valence-corrected chi connectivity index (χ0v) is 7.31. The van der Waals surface area contributed by atoms with Gasteiger partial charge in [-0.25, -0.2) is 0 Å². The van der Waals surface area contributed by atoms with Gasteiger partial charge in [0, 0.05) is 0 Å². The summed E-state index contributed by atoms with van der Waals surface area (Å²) in [4.78, 5) is 0. The van der Waals surface area contributed by atoms with Crippen molar-refractivity contribution in [2.75, 3.05) is 0 Å². The van der Waals surface area contributed by atoms with Gasteiger partial charge in [0.05, 0.1) is 0 Å². The molecular weight excluding hydrogens is 325 g/mol. The Morgan fingerprint density at radius 1 is 1.00 bits per heavy atom. The minimum atomic E-state index is -5.78. The standard InChI is InChI=1S/3ClH.2O.Re/h3*1H;;;/q;;;;;+3/p-3. The van der Waals surface area contributed by atoms with Crippen molar-refractivity contribution >= 4 is 28.6 Å². The van der Waals surface area contributed by atoms with Gasteiger partial charge in [-0.2, -0.15) is 0 Å². The number of hydrogen-bond donors (Lipinski definition) is 0. The van der Waals surface area contributed by atoms with E-state index in [1.807, 2.05) is 0 Å². The van der Waals surface area contributed by atoms with Crippen LogP contribution in [0.15, 0.2) is 0 Å². The maximum absolute atomic E-state index is 9.62. The fraction of sp³-hybridized carbons (Fsp3) is 0. The summed E-state index contributed by atoms with van der Waals surface area (Å²) in [6.07, 6.45) is 0. The molecule has 0 aliphatic rings. The van der Waals surface area contributed by atoms with Gasteiger partial charge in [0.25, 0.3) is 0 Å². The fourth-order valence-electron chi connectivity index (χ4n) is 0. The molecule has 2 nitrogen and oxygen atoms in total. The van der Waals surface area contributed by atoms with E-state index in [9.17, 15) is 6.94 Å². The fourth-order valence-corrected chi connectivity index (χ4v) is 0. The predicted molar refractivity (Wildman–Crippen MR) is 18.9 cm³/mol. The van der Waals surface area contributed by atoms with Crippen molar-refractivity contribution in [1.29, 1.82) is 0 Å². The van der Waals surface area contributed by atoms with Crippen LogP contribution >= 0.6 is 28.6 Å². The van der Waals surface area contributed by atoms with Gasteiger partial charge in [0.15, 0.2) is 0 Å². The molecule has 0 bridgehead atoms. The molecule has 0 aliphatic heterocycles. The Labute approximate surface area is 46.7 Å². The van der Waals surface area contributed by atoms with Crippen LogP contribution in [-0.4, -0.2) is 0 Å². The van der Waals surface area contributed by atoms with E-state index >= 15 is 0 Å². The molecule has 0 radical (unpaired) electrons. The van der Waals surface area contributed by atoms with E-state index < -0.39 is 11.2 Å². The van der Waals surface area contributed by atoms with Crippen LogP contribution in [0.2, 0.25) is 0 Å². The molecule has 0 aromatic rings. The molecule has 0 aromatic carbocycles. The van der Waals surface area contributed by atoms with Gasteiger partial charge in [-0.1, -0.05) is 0 Å². The zero-order valence-electron chi connectivity index (χ0n) is 2.33. The number of rotatable bonds is 0. The third-order valence-corrected chi connectivity index (χ3v) is 0. The van der Waals surface area contributed by atoms with Gasteiger partial charge < -0.3 is 0 Å². The molecular formula is Cl3O2Re. The minimum absolute atomic E-state index is 4.41. The summed E-state index contributed by atoms with van der Waals surface area (Å²) in [5, 5.41) is 0.